The topological polar surface area (TPSA) is 87.7 Å². The number of oxime groups is 1. The van der Waals surface area contributed by atoms with Gasteiger partial charge in [0.25, 0.3) is 0 Å². The average Bonchev–Trinajstić information content (AvgIpc) is 2.89. The van der Waals surface area contributed by atoms with Gasteiger partial charge in [-0.25, -0.2) is 0 Å². The Hall–Kier alpha value is -1.26. The lowest BCUT2D eigenvalue weighted by atomic mass is 9.77. The molecule has 5 heteroatoms. The molecule has 0 saturated heterocycles. The van der Waals surface area contributed by atoms with Crippen LogP contribution in [0.5, 0.6) is 0 Å². The van der Waals surface area contributed by atoms with Crippen molar-refractivity contribution in [3.05, 3.63) is 0 Å². The second-order valence-corrected chi connectivity index (χ2v) is 6.56. The highest BCUT2D eigenvalue weighted by Crippen LogP contribution is 2.32. The molecule has 1 aliphatic rings. The van der Waals surface area contributed by atoms with Gasteiger partial charge in [0.15, 0.2) is 5.84 Å². The van der Waals surface area contributed by atoms with E-state index in [4.69, 9.17) is 10.9 Å². The van der Waals surface area contributed by atoms with Crippen molar-refractivity contribution < 1.29 is 10.0 Å². The third-order valence-electron chi connectivity index (χ3n) is 4.74. The molecule has 0 radical (unpaired) electrons. The zero-order chi connectivity index (χ0) is 15.9. The summed E-state index contributed by atoms with van der Waals surface area (Å²) in [6, 6.07) is 0. The Bertz CT molecular complexity index is 363. The van der Waals surface area contributed by atoms with E-state index in [-0.39, 0.29) is 11.7 Å². The number of nitrogens with zero attached hydrogens (tertiary/aromatic N) is 1. The van der Waals surface area contributed by atoms with Crippen LogP contribution < -0.4 is 11.1 Å². The molecule has 5 nitrogen and oxygen atoms in total. The van der Waals surface area contributed by atoms with Crippen LogP contribution >= 0.6 is 0 Å². The lowest BCUT2D eigenvalue weighted by Crippen LogP contribution is -2.50. The fourth-order valence-corrected chi connectivity index (χ4v) is 3.59. The highest BCUT2D eigenvalue weighted by atomic mass is 16.4. The van der Waals surface area contributed by atoms with Crippen LogP contribution in [0.2, 0.25) is 0 Å². The molecule has 0 aromatic carbocycles. The lowest BCUT2D eigenvalue weighted by Gasteiger charge is -2.31. The van der Waals surface area contributed by atoms with E-state index >= 15 is 0 Å². The molecule has 2 unspecified atom stereocenters. The van der Waals surface area contributed by atoms with Crippen molar-refractivity contribution in [2.75, 3.05) is 6.54 Å². The van der Waals surface area contributed by atoms with Gasteiger partial charge in [-0.3, -0.25) is 4.79 Å². The quantitative estimate of drug-likeness (QED) is 0.278. The number of amides is 1. The van der Waals surface area contributed by atoms with Crippen LogP contribution in [0.3, 0.4) is 0 Å². The highest BCUT2D eigenvalue weighted by molar-refractivity contribution is 6.06. The molecule has 4 N–H and O–H groups in total. The predicted octanol–water partition coefficient (Wildman–Crippen LogP) is 2.87. The van der Waals surface area contributed by atoms with E-state index in [1.165, 1.54) is 19.3 Å². The Balaban J connectivity index is 2.74. The summed E-state index contributed by atoms with van der Waals surface area (Å²) in [6.45, 7) is 7.00. The third-order valence-corrected chi connectivity index (χ3v) is 4.74. The molecular weight excluding hydrogens is 266 g/mol. The molecule has 0 aliphatic heterocycles. The molecule has 122 valence electrons. The first-order chi connectivity index (χ1) is 10.00. The van der Waals surface area contributed by atoms with Gasteiger partial charge < -0.3 is 16.3 Å². The molecule has 1 fully saturated rings. The summed E-state index contributed by atoms with van der Waals surface area (Å²) < 4.78 is 0. The van der Waals surface area contributed by atoms with E-state index in [1.54, 1.807) is 0 Å². The van der Waals surface area contributed by atoms with E-state index < -0.39 is 5.41 Å². The van der Waals surface area contributed by atoms with Gasteiger partial charge >= 0.3 is 0 Å². The highest BCUT2D eigenvalue weighted by Gasteiger charge is 2.41. The van der Waals surface area contributed by atoms with Crippen molar-refractivity contribution in [1.82, 2.24) is 5.32 Å². The van der Waals surface area contributed by atoms with Crippen molar-refractivity contribution in [1.29, 1.82) is 0 Å². The van der Waals surface area contributed by atoms with Crippen LogP contribution in [-0.4, -0.2) is 23.5 Å². The van der Waals surface area contributed by atoms with Crippen molar-refractivity contribution in [3.63, 3.8) is 0 Å². The minimum absolute atomic E-state index is 0.0449. The number of carbonyl (C=O) groups excluding carboxylic acids is 1. The largest absolute Gasteiger partial charge is 0.409 e. The summed E-state index contributed by atoms with van der Waals surface area (Å²) in [5.41, 5.74) is 5.01. The number of amidine groups is 1. The number of nitrogens with one attached hydrogen (secondary N) is 1. The standard InChI is InChI=1S/C16H31N3O2/c1-4-8-16(9-5-2,14(17)19-21)15(20)18-11-13-7-6-12(3)10-13/h12-13,21H,4-11H2,1-3H3,(H2,17,19)(H,18,20). The third kappa shape index (κ3) is 4.35. The summed E-state index contributed by atoms with van der Waals surface area (Å²) >= 11 is 0. The normalized spacial score (nSPS) is 23.3. The minimum Gasteiger partial charge on any atom is -0.409 e. The molecule has 21 heavy (non-hydrogen) atoms. The molecule has 1 amide bonds. The average molecular weight is 297 g/mol. The molecule has 0 aromatic rings. The zero-order valence-corrected chi connectivity index (χ0v) is 13.7. The van der Waals surface area contributed by atoms with Gasteiger partial charge in [0.05, 0.1) is 0 Å². The van der Waals surface area contributed by atoms with Gasteiger partial charge in [0.2, 0.25) is 5.91 Å². The number of carbonyl (C=O) groups is 1. The number of nitrogens with two attached hydrogens (primary N) is 1. The second kappa shape index (κ2) is 8.25. The Labute approximate surface area is 128 Å². The van der Waals surface area contributed by atoms with Gasteiger partial charge in [-0.1, -0.05) is 45.2 Å². The van der Waals surface area contributed by atoms with Crippen LogP contribution in [0.25, 0.3) is 0 Å². The molecule has 1 rings (SSSR count). The van der Waals surface area contributed by atoms with Gasteiger partial charge in [-0.15, -0.1) is 0 Å². The number of hydrogen-bond acceptors (Lipinski definition) is 3. The fourth-order valence-electron chi connectivity index (χ4n) is 3.59. The molecule has 0 aromatic heterocycles. The van der Waals surface area contributed by atoms with E-state index in [1.807, 2.05) is 13.8 Å². The van der Waals surface area contributed by atoms with Gasteiger partial charge in [0.1, 0.15) is 5.41 Å². The molecule has 1 saturated carbocycles. The van der Waals surface area contributed by atoms with Crippen LogP contribution in [0, 0.1) is 17.3 Å². The Morgan fingerprint density at radius 3 is 2.38 bits per heavy atom. The van der Waals surface area contributed by atoms with Gasteiger partial charge in [-0.2, -0.15) is 0 Å². The van der Waals surface area contributed by atoms with Crippen LogP contribution in [0.15, 0.2) is 5.16 Å². The maximum atomic E-state index is 12.7. The Morgan fingerprint density at radius 2 is 1.95 bits per heavy atom. The van der Waals surface area contributed by atoms with Crippen molar-refractivity contribution in [2.45, 2.75) is 65.7 Å². The monoisotopic (exact) mass is 297 g/mol. The summed E-state index contributed by atoms with van der Waals surface area (Å²) in [5.74, 6) is 1.29. The lowest BCUT2D eigenvalue weighted by molar-refractivity contribution is -0.128. The van der Waals surface area contributed by atoms with Crippen LogP contribution in [0.4, 0.5) is 0 Å². The zero-order valence-electron chi connectivity index (χ0n) is 13.7. The first-order valence-corrected chi connectivity index (χ1v) is 8.26. The molecule has 2 atom stereocenters. The van der Waals surface area contributed by atoms with Gasteiger partial charge in [0, 0.05) is 6.54 Å². The predicted molar refractivity (Wildman–Crippen MR) is 85.2 cm³/mol. The minimum atomic E-state index is -0.859. The molecule has 0 bridgehead atoms. The SMILES string of the molecule is CCCC(CCC)(C(=O)NCC1CCC(C)C1)C(N)=NO. The van der Waals surface area contributed by atoms with E-state index in [0.29, 0.717) is 25.3 Å². The summed E-state index contributed by atoms with van der Waals surface area (Å²) in [4.78, 5) is 12.7. The number of hydrogen-bond donors (Lipinski definition) is 3. The van der Waals surface area contributed by atoms with E-state index in [2.05, 4.69) is 17.4 Å². The Morgan fingerprint density at radius 1 is 1.33 bits per heavy atom. The fraction of sp³-hybridized carbons (Fsp3) is 0.875. The van der Waals surface area contributed by atoms with Gasteiger partial charge in [-0.05, 0) is 37.5 Å². The van der Waals surface area contributed by atoms with E-state index in [9.17, 15) is 4.79 Å². The van der Waals surface area contributed by atoms with Crippen LogP contribution in [0.1, 0.15) is 65.7 Å². The van der Waals surface area contributed by atoms with Crippen molar-refractivity contribution >= 4 is 11.7 Å². The summed E-state index contributed by atoms with van der Waals surface area (Å²) in [5, 5.41) is 15.3. The Kier molecular flexibility index (Phi) is 6.99. The maximum Gasteiger partial charge on any atom is 0.233 e. The van der Waals surface area contributed by atoms with E-state index in [0.717, 1.165) is 18.8 Å². The molecule has 0 spiro atoms. The first-order valence-electron chi connectivity index (χ1n) is 8.26. The van der Waals surface area contributed by atoms with Crippen molar-refractivity contribution in [3.8, 4) is 0 Å². The molecule has 1 aliphatic carbocycles. The summed E-state index contributed by atoms with van der Waals surface area (Å²) in [7, 11) is 0. The second-order valence-electron chi connectivity index (χ2n) is 6.56. The maximum absolute atomic E-state index is 12.7. The number of rotatable bonds is 8. The van der Waals surface area contributed by atoms with Crippen molar-refractivity contribution in [2.24, 2.45) is 28.1 Å². The molecular formula is C16H31N3O2. The van der Waals surface area contributed by atoms with Crippen LogP contribution in [-0.2, 0) is 4.79 Å². The molecule has 0 heterocycles. The first kappa shape index (κ1) is 17.8. The smallest absolute Gasteiger partial charge is 0.233 e. The summed E-state index contributed by atoms with van der Waals surface area (Å²) in [6.07, 6.45) is 6.48.